The Balaban J connectivity index is 2.49. The molecular formula is C11H16N4O3. The molecule has 0 saturated heterocycles. The molecule has 0 aliphatic carbocycles. The zero-order valence-electron chi connectivity index (χ0n) is 10.3. The zero-order chi connectivity index (χ0) is 13.6. The van der Waals surface area contributed by atoms with E-state index in [1.54, 1.807) is 19.1 Å². The van der Waals surface area contributed by atoms with E-state index in [-0.39, 0.29) is 6.54 Å². The molecule has 0 fully saturated rings. The summed E-state index contributed by atoms with van der Waals surface area (Å²) in [7, 11) is 0. The van der Waals surface area contributed by atoms with Gasteiger partial charge in [0, 0.05) is 6.20 Å². The Labute approximate surface area is 105 Å². The molecule has 0 aromatic carbocycles. The Kier molecular flexibility index (Phi) is 4.59. The average Bonchev–Trinajstić information content (AvgIpc) is 2.37. The molecule has 3 N–H and O–H groups in total. The van der Waals surface area contributed by atoms with Crippen LogP contribution in [0.25, 0.3) is 0 Å². The van der Waals surface area contributed by atoms with Crippen molar-refractivity contribution in [1.82, 2.24) is 20.8 Å². The van der Waals surface area contributed by atoms with Crippen LogP contribution >= 0.6 is 0 Å². The van der Waals surface area contributed by atoms with E-state index in [4.69, 9.17) is 5.11 Å². The van der Waals surface area contributed by atoms with E-state index < -0.39 is 17.5 Å². The van der Waals surface area contributed by atoms with Crippen LogP contribution in [-0.4, -0.2) is 32.8 Å². The summed E-state index contributed by atoms with van der Waals surface area (Å²) >= 11 is 0. The van der Waals surface area contributed by atoms with Gasteiger partial charge >= 0.3 is 12.0 Å². The van der Waals surface area contributed by atoms with Crippen molar-refractivity contribution >= 4 is 12.0 Å². The number of aromatic nitrogens is 2. The Morgan fingerprint density at radius 2 is 2.22 bits per heavy atom. The van der Waals surface area contributed by atoms with E-state index in [0.717, 1.165) is 0 Å². The van der Waals surface area contributed by atoms with E-state index in [0.29, 0.717) is 12.1 Å². The molecule has 0 bridgehead atoms. The van der Waals surface area contributed by atoms with Gasteiger partial charge in [-0.3, -0.25) is 0 Å². The minimum absolute atomic E-state index is 0.194. The molecule has 1 rings (SSSR count). The van der Waals surface area contributed by atoms with Crippen LogP contribution in [0.5, 0.6) is 0 Å². The standard InChI is InChI=1S/C11H16N4O3/c1-3-11(2,9(16)17)14-10(18)12-7-8-5-4-6-13-15-8/h4-6H,3,7H2,1-2H3,(H,16,17)(H2,12,14,18). The Morgan fingerprint density at radius 3 is 2.72 bits per heavy atom. The van der Waals surface area contributed by atoms with Crippen molar-refractivity contribution in [3.8, 4) is 0 Å². The van der Waals surface area contributed by atoms with Crippen LogP contribution in [0, 0.1) is 0 Å². The van der Waals surface area contributed by atoms with Crippen LogP contribution in [0.1, 0.15) is 26.0 Å². The van der Waals surface area contributed by atoms with Crippen LogP contribution in [-0.2, 0) is 11.3 Å². The van der Waals surface area contributed by atoms with Gasteiger partial charge in [-0.2, -0.15) is 10.2 Å². The van der Waals surface area contributed by atoms with Crippen molar-refractivity contribution < 1.29 is 14.7 Å². The van der Waals surface area contributed by atoms with E-state index in [1.165, 1.54) is 13.1 Å². The fourth-order valence-electron chi connectivity index (χ4n) is 1.19. The molecule has 18 heavy (non-hydrogen) atoms. The fourth-order valence-corrected chi connectivity index (χ4v) is 1.19. The summed E-state index contributed by atoms with van der Waals surface area (Å²) in [6, 6.07) is 2.87. The lowest BCUT2D eigenvalue weighted by molar-refractivity contribution is -0.143. The number of nitrogens with one attached hydrogen (secondary N) is 2. The van der Waals surface area contributed by atoms with E-state index in [1.807, 2.05) is 0 Å². The van der Waals surface area contributed by atoms with Gasteiger partial charge in [-0.15, -0.1) is 0 Å². The van der Waals surface area contributed by atoms with Crippen molar-refractivity contribution in [2.24, 2.45) is 0 Å². The third-order valence-electron chi connectivity index (χ3n) is 2.63. The molecule has 1 unspecified atom stereocenters. The monoisotopic (exact) mass is 252 g/mol. The van der Waals surface area contributed by atoms with Crippen LogP contribution in [0.2, 0.25) is 0 Å². The molecule has 0 spiro atoms. The molecule has 7 heteroatoms. The SMILES string of the molecule is CCC(C)(NC(=O)NCc1cccnn1)C(=O)O. The number of carbonyl (C=O) groups is 2. The highest BCUT2D eigenvalue weighted by atomic mass is 16.4. The number of hydrogen-bond acceptors (Lipinski definition) is 4. The molecular weight excluding hydrogens is 236 g/mol. The number of carboxylic acids is 1. The van der Waals surface area contributed by atoms with Crippen LogP contribution in [0.4, 0.5) is 4.79 Å². The van der Waals surface area contributed by atoms with Crippen molar-refractivity contribution in [2.75, 3.05) is 0 Å². The van der Waals surface area contributed by atoms with Crippen LogP contribution in [0.3, 0.4) is 0 Å². The first kappa shape index (κ1) is 13.9. The molecule has 0 aliphatic heterocycles. The summed E-state index contributed by atoms with van der Waals surface area (Å²) in [4.78, 5) is 22.6. The van der Waals surface area contributed by atoms with Gasteiger partial charge in [-0.25, -0.2) is 9.59 Å². The average molecular weight is 252 g/mol. The van der Waals surface area contributed by atoms with Gasteiger partial charge < -0.3 is 15.7 Å². The molecule has 0 aliphatic rings. The molecule has 2 amide bonds. The third kappa shape index (κ3) is 3.69. The highest BCUT2D eigenvalue weighted by molar-refractivity contribution is 5.85. The van der Waals surface area contributed by atoms with Gasteiger partial charge in [-0.1, -0.05) is 6.92 Å². The van der Waals surface area contributed by atoms with E-state index in [9.17, 15) is 9.59 Å². The smallest absolute Gasteiger partial charge is 0.329 e. The maximum Gasteiger partial charge on any atom is 0.329 e. The number of urea groups is 1. The van der Waals surface area contributed by atoms with Crippen LogP contribution < -0.4 is 10.6 Å². The van der Waals surface area contributed by atoms with Crippen molar-refractivity contribution in [1.29, 1.82) is 0 Å². The van der Waals surface area contributed by atoms with Gasteiger partial charge in [0.15, 0.2) is 0 Å². The van der Waals surface area contributed by atoms with Gasteiger partial charge in [0.1, 0.15) is 5.54 Å². The number of nitrogens with zero attached hydrogens (tertiary/aromatic N) is 2. The number of carbonyl (C=O) groups excluding carboxylic acids is 1. The minimum atomic E-state index is -1.27. The second-order valence-electron chi connectivity index (χ2n) is 4.01. The zero-order valence-corrected chi connectivity index (χ0v) is 10.3. The number of hydrogen-bond donors (Lipinski definition) is 3. The summed E-state index contributed by atoms with van der Waals surface area (Å²) in [5.74, 6) is -1.07. The van der Waals surface area contributed by atoms with Gasteiger partial charge in [0.2, 0.25) is 0 Å². The van der Waals surface area contributed by atoms with Crippen LogP contribution in [0.15, 0.2) is 18.3 Å². The molecule has 98 valence electrons. The summed E-state index contributed by atoms with van der Waals surface area (Å²) in [5, 5.41) is 21.4. The number of amides is 2. The lowest BCUT2D eigenvalue weighted by Gasteiger charge is -2.24. The maximum atomic E-state index is 11.6. The second kappa shape index (κ2) is 5.95. The first-order valence-corrected chi connectivity index (χ1v) is 5.54. The van der Waals surface area contributed by atoms with Crippen molar-refractivity contribution in [3.63, 3.8) is 0 Å². The molecule has 1 aromatic heterocycles. The molecule has 0 radical (unpaired) electrons. The number of rotatable bonds is 5. The van der Waals surface area contributed by atoms with Gasteiger partial charge in [0.25, 0.3) is 0 Å². The summed E-state index contributed by atoms with van der Waals surface area (Å²) in [5.41, 5.74) is -0.673. The largest absolute Gasteiger partial charge is 0.480 e. The predicted octanol–water partition coefficient (Wildman–Crippen LogP) is 0.529. The highest BCUT2D eigenvalue weighted by Crippen LogP contribution is 2.08. The lowest BCUT2D eigenvalue weighted by Crippen LogP contribution is -2.54. The molecule has 1 aromatic rings. The maximum absolute atomic E-state index is 11.6. The minimum Gasteiger partial charge on any atom is -0.480 e. The van der Waals surface area contributed by atoms with E-state index in [2.05, 4.69) is 20.8 Å². The molecule has 1 atom stereocenters. The van der Waals surface area contributed by atoms with Crippen molar-refractivity contribution in [3.05, 3.63) is 24.0 Å². The molecule has 1 heterocycles. The highest BCUT2D eigenvalue weighted by Gasteiger charge is 2.32. The van der Waals surface area contributed by atoms with E-state index >= 15 is 0 Å². The van der Waals surface area contributed by atoms with Gasteiger partial charge in [-0.05, 0) is 25.5 Å². The van der Waals surface area contributed by atoms with Gasteiger partial charge in [0.05, 0.1) is 12.2 Å². The molecule has 7 nitrogen and oxygen atoms in total. The normalized spacial score (nSPS) is 13.4. The first-order chi connectivity index (χ1) is 8.48. The predicted molar refractivity (Wildman–Crippen MR) is 63.7 cm³/mol. The summed E-state index contributed by atoms with van der Waals surface area (Å²) in [6.45, 7) is 3.34. The number of aliphatic carboxylic acids is 1. The third-order valence-corrected chi connectivity index (χ3v) is 2.63. The first-order valence-electron chi connectivity index (χ1n) is 5.54. The molecule has 0 saturated carbocycles. The number of carboxylic acid groups (broad SMARTS) is 1. The Morgan fingerprint density at radius 1 is 1.50 bits per heavy atom. The van der Waals surface area contributed by atoms with Crippen molar-refractivity contribution in [2.45, 2.75) is 32.4 Å². The topological polar surface area (TPSA) is 104 Å². The Bertz CT molecular complexity index is 424. The second-order valence-corrected chi connectivity index (χ2v) is 4.01. The Hall–Kier alpha value is -2.18. The summed E-state index contributed by atoms with van der Waals surface area (Å²) in [6.07, 6.45) is 1.82. The lowest BCUT2D eigenvalue weighted by atomic mass is 10.00. The fraction of sp³-hybridized carbons (Fsp3) is 0.455. The summed E-state index contributed by atoms with van der Waals surface area (Å²) < 4.78 is 0. The quantitative estimate of drug-likeness (QED) is 0.709.